The van der Waals surface area contributed by atoms with E-state index in [2.05, 4.69) is 10.6 Å². The van der Waals surface area contributed by atoms with Crippen LogP contribution in [0.2, 0.25) is 0 Å². The Labute approximate surface area is 133 Å². The van der Waals surface area contributed by atoms with Crippen molar-refractivity contribution in [2.24, 2.45) is 0 Å². The zero-order chi connectivity index (χ0) is 16.8. The topological polar surface area (TPSA) is 97.0 Å². The van der Waals surface area contributed by atoms with E-state index in [0.29, 0.717) is 52.5 Å². The van der Waals surface area contributed by atoms with Crippen molar-refractivity contribution in [2.75, 3.05) is 65.2 Å². The van der Waals surface area contributed by atoms with E-state index < -0.39 is 9.84 Å². The predicted molar refractivity (Wildman–Crippen MR) is 85.7 cm³/mol. The van der Waals surface area contributed by atoms with E-state index in [1.807, 2.05) is 0 Å². The minimum absolute atomic E-state index is 0.118. The molecule has 0 aromatic carbocycles. The predicted octanol–water partition coefficient (Wildman–Crippen LogP) is -0.337. The van der Waals surface area contributed by atoms with Crippen LogP contribution in [0.3, 0.4) is 0 Å². The molecule has 0 spiro atoms. The molecule has 0 rings (SSSR count). The number of carbonyl (C=O) groups excluding carboxylic acids is 1. The van der Waals surface area contributed by atoms with Gasteiger partial charge in [-0.2, -0.15) is 0 Å². The van der Waals surface area contributed by atoms with Crippen molar-refractivity contribution in [3.8, 4) is 0 Å². The fourth-order valence-corrected chi connectivity index (χ4v) is 2.13. The van der Waals surface area contributed by atoms with Gasteiger partial charge < -0.3 is 14.8 Å². The van der Waals surface area contributed by atoms with Gasteiger partial charge in [-0.05, 0) is 19.9 Å². The fourth-order valence-electron chi connectivity index (χ4n) is 1.62. The molecule has 0 aromatic heterocycles. The van der Waals surface area contributed by atoms with Crippen LogP contribution in [0.4, 0.5) is 4.79 Å². The van der Waals surface area contributed by atoms with E-state index in [-0.39, 0.29) is 11.8 Å². The van der Waals surface area contributed by atoms with Crippen molar-refractivity contribution in [3.05, 3.63) is 0 Å². The molecule has 0 heterocycles. The van der Waals surface area contributed by atoms with Crippen LogP contribution in [0.25, 0.3) is 0 Å². The van der Waals surface area contributed by atoms with Crippen LogP contribution in [0.15, 0.2) is 0 Å². The number of carbonyl (C=O) groups is 1. The Morgan fingerprint density at radius 3 is 2.50 bits per heavy atom. The Balaban J connectivity index is 3.94. The molecular formula is C13H29N3O5S. The van der Waals surface area contributed by atoms with E-state index in [0.717, 1.165) is 0 Å². The summed E-state index contributed by atoms with van der Waals surface area (Å²) in [4.78, 5) is 13.4. The molecule has 0 aliphatic rings. The lowest BCUT2D eigenvalue weighted by Gasteiger charge is -2.22. The number of sulfone groups is 1. The molecule has 0 bridgehead atoms. The first-order valence-corrected chi connectivity index (χ1v) is 9.46. The van der Waals surface area contributed by atoms with Crippen molar-refractivity contribution >= 4 is 15.9 Å². The van der Waals surface area contributed by atoms with Crippen molar-refractivity contribution in [2.45, 2.75) is 13.3 Å². The molecule has 0 fully saturated rings. The fraction of sp³-hybridized carbons (Fsp3) is 0.923. The van der Waals surface area contributed by atoms with Gasteiger partial charge in [0.15, 0.2) is 0 Å². The van der Waals surface area contributed by atoms with Crippen LogP contribution in [0.5, 0.6) is 0 Å². The van der Waals surface area contributed by atoms with Gasteiger partial charge in [-0.15, -0.1) is 0 Å². The maximum absolute atomic E-state index is 11.8. The Bertz CT molecular complexity index is 389. The van der Waals surface area contributed by atoms with Crippen molar-refractivity contribution in [1.29, 1.82) is 0 Å². The summed E-state index contributed by atoms with van der Waals surface area (Å²) < 4.78 is 31.9. The monoisotopic (exact) mass is 339 g/mol. The SMILES string of the molecule is CCOC(=O)N(CCCNCCS(C)(=O)=O)CNCCOC. The number of rotatable bonds is 13. The first-order chi connectivity index (χ1) is 10.4. The molecule has 22 heavy (non-hydrogen) atoms. The van der Waals surface area contributed by atoms with E-state index in [9.17, 15) is 13.2 Å². The molecule has 132 valence electrons. The van der Waals surface area contributed by atoms with Crippen molar-refractivity contribution in [1.82, 2.24) is 15.5 Å². The molecule has 2 N–H and O–H groups in total. The third-order valence-corrected chi connectivity index (χ3v) is 3.69. The van der Waals surface area contributed by atoms with Crippen LogP contribution in [-0.2, 0) is 19.3 Å². The highest BCUT2D eigenvalue weighted by atomic mass is 32.2. The maximum atomic E-state index is 11.8. The molecule has 0 saturated heterocycles. The summed E-state index contributed by atoms with van der Waals surface area (Å²) in [6.07, 6.45) is 1.57. The summed E-state index contributed by atoms with van der Waals surface area (Å²) in [5, 5.41) is 6.14. The molecule has 0 radical (unpaired) electrons. The maximum Gasteiger partial charge on any atom is 0.410 e. The molecule has 1 amide bonds. The van der Waals surface area contributed by atoms with Gasteiger partial charge in [0.05, 0.1) is 25.6 Å². The van der Waals surface area contributed by atoms with Crippen LogP contribution < -0.4 is 10.6 Å². The highest BCUT2D eigenvalue weighted by molar-refractivity contribution is 7.90. The van der Waals surface area contributed by atoms with Gasteiger partial charge in [-0.3, -0.25) is 10.2 Å². The van der Waals surface area contributed by atoms with E-state index >= 15 is 0 Å². The van der Waals surface area contributed by atoms with Crippen molar-refractivity contribution in [3.63, 3.8) is 0 Å². The van der Waals surface area contributed by atoms with Gasteiger partial charge >= 0.3 is 6.09 Å². The Hall–Kier alpha value is -0.900. The van der Waals surface area contributed by atoms with Crippen LogP contribution in [0.1, 0.15) is 13.3 Å². The van der Waals surface area contributed by atoms with E-state index in [1.165, 1.54) is 6.26 Å². The number of nitrogens with zero attached hydrogens (tertiary/aromatic N) is 1. The minimum atomic E-state index is -2.93. The van der Waals surface area contributed by atoms with E-state index in [4.69, 9.17) is 9.47 Å². The molecule has 9 heteroatoms. The summed E-state index contributed by atoms with van der Waals surface area (Å²) in [6, 6.07) is 0. The lowest BCUT2D eigenvalue weighted by atomic mass is 10.4. The van der Waals surface area contributed by atoms with E-state index in [1.54, 1.807) is 18.9 Å². The second-order valence-electron chi connectivity index (χ2n) is 4.85. The Morgan fingerprint density at radius 1 is 1.18 bits per heavy atom. The molecule has 0 atom stereocenters. The molecule has 0 aliphatic heterocycles. The van der Waals surface area contributed by atoms with Crippen LogP contribution in [-0.4, -0.2) is 84.6 Å². The molecular weight excluding hydrogens is 310 g/mol. The summed E-state index contributed by atoms with van der Waals surface area (Å²) in [5.41, 5.74) is 0. The summed E-state index contributed by atoms with van der Waals surface area (Å²) in [5.74, 6) is 0.118. The van der Waals surface area contributed by atoms with Gasteiger partial charge in [0.2, 0.25) is 0 Å². The first kappa shape index (κ1) is 21.1. The lowest BCUT2D eigenvalue weighted by Crippen LogP contribution is -2.41. The molecule has 0 aromatic rings. The number of hydrogen-bond donors (Lipinski definition) is 2. The Kier molecular flexibility index (Phi) is 12.1. The summed E-state index contributed by atoms with van der Waals surface area (Å²) in [6.45, 7) is 5.31. The average Bonchev–Trinajstić information content (AvgIpc) is 2.43. The molecule has 0 unspecified atom stereocenters. The number of amides is 1. The third-order valence-electron chi connectivity index (χ3n) is 2.74. The number of methoxy groups -OCH3 is 1. The Morgan fingerprint density at radius 2 is 1.91 bits per heavy atom. The highest BCUT2D eigenvalue weighted by Gasteiger charge is 2.13. The largest absolute Gasteiger partial charge is 0.450 e. The molecule has 0 saturated carbocycles. The normalized spacial score (nSPS) is 11.4. The van der Waals surface area contributed by atoms with Crippen LogP contribution in [0, 0.1) is 0 Å². The summed E-state index contributed by atoms with van der Waals surface area (Å²) >= 11 is 0. The number of ether oxygens (including phenoxy) is 2. The second-order valence-corrected chi connectivity index (χ2v) is 7.11. The second kappa shape index (κ2) is 12.6. The number of nitrogens with one attached hydrogen (secondary N) is 2. The van der Waals surface area contributed by atoms with Crippen LogP contribution >= 0.6 is 0 Å². The van der Waals surface area contributed by atoms with Gasteiger partial charge in [0.1, 0.15) is 9.84 Å². The quantitative estimate of drug-likeness (QED) is 0.350. The van der Waals surface area contributed by atoms with Crippen molar-refractivity contribution < 1.29 is 22.7 Å². The first-order valence-electron chi connectivity index (χ1n) is 7.40. The molecule has 0 aliphatic carbocycles. The van der Waals surface area contributed by atoms with Gasteiger partial charge in [-0.25, -0.2) is 13.2 Å². The summed E-state index contributed by atoms with van der Waals surface area (Å²) in [7, 11) is -1.32. The van der Waals surface area contributed by atoms with Gasteiger partial charge in [-0.1, -0.05) is 0 Å². The minimum Gasteiger partial charge on any atom is -0.450 e. The lowest BCUT2D eigenvalue weighted by molar-refractivity contribution is 0.102. The smallest absolute Gasteiger partial charge is 0.410 e. The third kappa shape index (κ3) is 12.8. The molecule has 8 nitrogen and oxygen atoms in total. The number of hydrogen-bond acceptors (Lipinski definition) is 7. The standard InChI is InChI=1S/C13H29N3O5S/c1-4-21-13(17)16(12-15-7-10-20-2)9-5-6-14-8-11-22(3,18)19/h14-15H,4-12H2,1-3H3. The average molecular weight is 339 g/mol. The van der Waals surface area contributed by atoms with Gasteiger partial charge in [0.25, 0.3) is 0 Å². The highest BCUT2D eigenvalue weighted by Crippen LogP contribution is 1.95. The van der Waals surface area contributed by atoms with Gasteiger partial charge in [0, 0.05) is 33.0 Å². The zero-order valence-electron chi connectivity index (χ0n) is 13.8. The zero-order valence-corrected chi connectivity index (χ0v) is 14.6.